The van der Waals surface area contributed by atoms with Crippen LogP contribution < -0.4 is 0 Å². The Kier molecular flexibility index (Phi) is 5.53. The Morgan fingerprint density at radius 3 is 2.38 bits per heavy atom. The van der Waals surface area contributed by atoms with Crippen LogP contribution in [0.15, 0.2) is 39.9 Å². The van der Waals surface area contributed by atoms with Crippen LogP contribution in [0.25, 0.3) is 0 Å². The van der Waals surface area contributed by atoms with E-state index in [1.165, 1.54) is 30.8 Å². The standard InChI is InChI=1S/C13H16F2S/c1-3-4-5-13(10(2)14)16-12-8-6-11(15)7-9-12/h6-9H,3-5H2,1-2H3/b13-10+. The van der Waals surface area contributed by atoms with Gasteiger partial charge < -0.3 is 0 Å². The number of rotatable bonds is 5. The maximum atomic E-state index is 13.2. The lowest BCUT2D eigenvalue weighted by Crippen LogP contribution is -1.83. The third kappa shape index (κ3) is 4.35. The van der Waals surface area contributed by atoms with Crippen molar-refractivity contribution in [2.75, 3.05) is 0 Å². The van der Waals surface area contributed by atoms with Gasteiger partial charge in [0.15, 0.2) is 0 Å². The van der Waals surface area contributed by atoms with Crippen LogP contribution in [-0.4, -0.2) is 0 Å². The molecule has 1 aromatic carbocycles. The van der Waals surface area contributed by atoms with E-state index in [0.29, 0.717) is 0 Å². The van der Waals surface area contributed by atoms with Crippen molar-refractivity contribution in [1.29, 1.82) is 0 Å². The molecule has 1 rings (SSSR count). The van der Waals surface area contributed by atoms with Gasteiger partial charge in [-0.2, -0.15) is 0 Å². The van der Waals surface area contributed by atoms with E-state index in [-0.39, 0.29) is 11.6 Å². The van der Waals surface area contributed by atoms with E-state index in [2.05, 4.69) is 6.92 Å². The first-order valence-electron chi connectivity index (χ1n) is 5.42. The number of thioether (sulfide) groups is 1. The lowest BCUT2D eigenvalue weighted by Gasteiger charge is -2.07. The zero-order valence-corrected chi connectivity index (χ0v) is 10.4. The summed E-state index contributed by atoms with van der Waals surface area (Å²) in [7, 11) is 0. The van der Waals surface area contributed by atoms with Crippen LogP contribution in [0, 0.1) is 5.82 Å². The van der Waals surface area contributed by atoms with Gasteiger partial charge in [-0.05, 0) is 44.0 Å². The highest BCUT2D eigenvalue weighted by Crippen LogP contribution is 2.32. The van der Waals surface area contributed by atoms with Crippen LogP contribution in [0.1, 0.15) is 33.1 Å². The fourth-order valence-corrected chi connectivity index (χ4v) is 2.22. The number of allylic oxidation sites excluding steroid dienone is 2. The summed E-state index contributed by atoms with van der Waals surface area (Å²) in [5.74, 6) is -0.400. The summed E-state index contributed by atoms with van der Waals surface area (Å²) in [5, 5.41) is 0. The fourth-order valence-electron chi connectivity index (χ4n) is 1.28. The van der Waals surface area contributed by atoms with Crippen molar-refractivity contribution < 1.29 is 8.78 Å². The normalized spacial score (nSPS) is 12.5. The quantitative estimate of drug-likeness (QED) is 0.630. The number of benzene rings is 1. The molecule has 0 heterocycles. The Bertz CT molecular complexity index is 351. The van der Waals surface area contributed by atoms with Gasteiger partial charge in [0.1, 0.15) is 11.6 Å². The highest BCUT2D eigenvalue weighted by Gasteiger charge is 2.05. The molecule has 0 aliphatic carbocycles. The third-order valence-electron chi connectivity index (χ3n) is 2.20. The molecule has 0 aliphatic heterocycles. The van der Waals surface area contributed by atoms with E-state index in [0.717, 1.165) is 29.1 Å². The Balaban J connectivity index is 2.69. The highest BCUT2D eigenvalue weighted by molar-refractivity contribution is 8.03. The monoisotopic (exact) mass is 242 g/mol. The van der Waals surface area contributed by atoms with E-state index in [4.69, 9.17) is 0 Å². The van der Waals surface area contributed by atoms with Gasteiger partial charge in [0, 0.05) is 9.80 Å². The summed E-state index contributed by atoms with van der Waals surface area (Å²) in [6.07, 6.45) is 2.77. The molecule has 0 atom stereocenters. The molecule has 88 valence electrons. The lowest BCUT2D eigenvalue weighted by molar-refractivity contribution is 0.625. The Morgan fingerprint density at radius 1 is 1.25 bits per heavy atom. The molecular formula is C13H16F2S. The van der Waals surface area contributed by atoms with Crippen molar-refractivity contribution in [2.45, 2.75) is 38.0 Å². The predicted molar refractivity (Wildman–Crippen MR) is 65.6 cm³/mol. The van der Waals surface area contributed by atoms with Crippen molar-refractivity contribution in [3.63, 3.8) is 0 Å². The summed E-state index contributed by atoms with van der Waals surface area (Å²) >= 11 is 1.38. The summed E-state index contributed by atoms with van der Waals surface area (Å²) < 4.78 is 25.9. The van der Waals surface area contributed by atoms with E-state index in [1.54, 1.807) is 12.1 Å². The van der Waals surface area contributed by atoms with Crippen LogP contribution in [0.4, 0.5) is 8.78 Å². The van der Waals surface area contributed by atoms with Crippen LogP contribution in [0.2, 0.25) is 0 Å². The molecule has 0 bridgehead atoms. The minimum Gasteiger partial charge on any atom is -0.211 e. The maximum absolute atomic E-state index is 13.2. The predicted octanol–water partition coefficient (Wildman–Crippen LogP) is 5.31. The molecule has 0 aromatic heterocycles. The Labute approximate surface area is 99.8 Å². The van der Waals surface area contributed by atoms with E-state index >= 15 is 0 Å². The van der Waals surface area contributed by atoms with Crippen molar-refractivity contribution in [2.24, 2.45) is 0 Å². The Hall–Kier alpha value is -0.830. The molecule has 0 nitrogen and oxygen atoms in total. The number of hydrogen-bond acceptors (Lipinski definition) is 1. The molecule has 0 unspecified atom stereocenters. The second kappa shape index (κ2) is 6.69. The summed E-state index contributed by atoms with van der Waals surface area (Å²) in [6, 6.07) is 6.14. The molecule has 0 N–H and O–H groups in total. The molecule has 0 fully saturated rings. The Morgan fingerprint density at radius 2 is 1.88 bits per heavy atom. The van der Waals surface area contributed by atoms with Gasteiger partial charge in [0.05, 0.1) is 0 Å². The van der Waals surface area contributed by atoms with Gasteiger partial charge >= 0.3 is 0 Å². The van der Waals surface area contributed by atoms with Crippen LogP contribution in [-0.2, 0) is 0 Å². The second-order valence-electron chi connectivity index (χ2n) is 3.62. The van der Waals surface area contributed by atoms with Gasteiger partial charge in [0.2, 0.25) is 0 Å². The van der Waals surface area contributed by atoms with Gasteiger partial charge in [0.25, 0.3) is 0 Å². The zero-order chi connectivity index (χ0) is 12.0. The number of halogens is 2. The van der Waals surface area contributed by atoms with Crippen LogP contribution in [0.5, 0.6) is 0 Å². The fraction of sp³-hybridized carbons (Fsp3) is 0.385. The van der Waals surface area contributed by atoms with Gasteiger partial charge in [-0.3, -0.25) is 0 Å². The summed E-state index contributed by atoms with van der Waals surface area (Å²) in [6.45, 7) is 3.55. The lowest BCUT2D eigenvalue weighted by atomic mass is 10.2. The highest BCUT2D eigenvalue weighted by atomic mass is 32.2. The first-order chi connectivity index (χ1) is 7.63. The van der Waals surface area contributed by atoms with Crippen molar-refractivity contribution in [1.82, 2.24) is 0 Å². The maximum Gasteiger partial charge on any atom is 0.123 e. The number of hydrogen-bond donors (Lipinski definition) is 0. The van der Waals surface area contributed by atoms with E-state index in [9.17, 15) is 8.78 Å². The molecule has 16 heavy (non-hydrogen) atoms. The van der Waals surface area contributed by atoms with Gasteiger partial charge in [-0.15, -0.1) is 0 Å². The molecule has 1 aromatic rings. The molecular weight excluding hydrogens is 226 g/mol. The third-order valence-corrected chi connectivity index (χ3v) is 3.44. The molecule has 0 saturated heterocycles. The van der Waals surface area contributed by atoms with Crippen molar-refractivity contribution in [3.05, 3.63) is 40.8 Å². The topological polar surface area (TPSA) is 0 Å². The largest absolute Gasteiger partial charge is 0.211 e. The molecule has 0 aliphatic rings. The van der Waals surface area contributed by atoms with Gasteiger partial charge in [-0.1, -0.05) is 25.1 Å². The smallest absolute Gasteiger partial charge is 0.123 e. The first-order valence-corrected chi connectivity index (χ1v) is 6.23. The minimum atomic E-state index is -0.264. The molecule has 0 amide bonds. The first kappa shape index (κ1) is 13.2. The zero-order valence-electron chi connectivity index (χ0n) is 9.59. The second-order valence-corrected chi connectivity index (χ2v) is 4.78. The van der Waals surface area contributed by atoms with E-state index in [1.807, 2.05) is 0 Å². The van der Waals surface area contributed by atoms with Crippen LogP contribution >= 0.6 is 11.8 Å². The summed E-state index contributed by atoms with van der Waals surface area (Å²) in [5.41, 5.74) is 0. The average molecular weight is 242 g/mol. The summed E-state index contributed by atoms with van der Waals surface area (Å²) in [4.78, 5) is 1.62. The number of unbranched alkanes of at least 4 members (excludes halogenated alkanes) is 1. The van der Waals surface area contributed by atoms with Gasteiger partial charge in [-0.25, -0.2) is 8.78 Å². The average Bonchev–Trinajstić information content (AvgIpc) is 2.26. The SMILES string of the molecule is CCCC/C(Sc1ccc(F)cc1)=C(/C)F. The van der Waals surface area contributed by atoms with Crippen LogP contribution in [0.3, 0.4) is 0 Å². The van der Waals surface area contributed by atoms with Crippen molar-refractivity contribution in [3.8, 4) is 0 Å². The molecule has 3 heteroatoms. The minimum absolute atomic E-state index is 0.136. The molecule has 0 saturated carbocycles. The molecule has 0 radical (unpaired) electrons. The van der Waals surface area contributed by atoms with E-state index < -0.39 is 0 Å². The van der Waals surface area contributed by atoms with Crippen molar-refractivity contribution >= 4 is 11.8 Å². The molecule has 0 spiro atoms.